The first-order chi connectivity index (χ1) is 7.58. The van der Waals surface area contributed by atoms with E-state index in [1.165, 1.54) is 0 Å². The van der Waals surface area contributed by atoms with Crippen molar-refractivity contribution in [3.8, 4) is 0 Å². The summed E-state index contributed by atoms with van der Waals surface area (Å²) >= 11 is 0. The molecule has 0 amide bonds. The van der Waals surface area contributed by atoms with Crippen LogP contribution < -0.4 is 0 Å². The summed E-state index contributed by atoms with van der Waals surface area (Å²) in [7, 11) is 0. The molecule has 2 aromatic rings. The van der Waals surface area contributed by atoms with Crippen LogP contribution in [0.1, 0.15) is 18.2 Å². The average molecular weight is 219 g/mol. The molecule has 1 atom stereocenters. The monoisotopic (exact) mass is 219 g/mol. The first-order valence-electron chi connectivity index (χ1n) is 5.09. The van der Waals surface area contributed by atoms with Crippen LogP contribution in [0.15, 0.2) is 18.6 Å². The van der Waals surface area contributed by atoms with Gasteiger partial charge in [-0.05, 0) is 18.9 Å². The summed E-state index contributed by atoms with van der Waals surface area (Å²) in [4.78, 5) is 19.0. The highest BCUT2D eigenvalue weighted by atomic mass is 16.4. The van der Waals surface area contributed by atoms with Crippen molar-refractivity contribution in [3.05, 3.63) is 29.8 Å². The average Bonchev–Trinajstić information content (AvgIpc) is 2.60. The van der Waals surface area contributed by atoms with Crippen molar-refractivity contribution in [2.75, 3.05) is 0 Å². The van der Waals surface area contributed by atoms with E-state index in [9.17, 15) is 4.79 Å². The number of carboxylic acid groups (broad SMARTS) is 1. The zero-order chi connectivity index (χ0) is 11.7. The summed E-state index contributed by atoms with van der Waals surface area (Å²) in [6.07, 6.45) is 5.80. The number of aromatic nitrogens is 3. The number of carbonyl (C=O) groups is 1. The second-order valence-electron chi connectivity index (χ2n) is 3.98. The quantitative estimate of drug-likeness (QED) is 0.844. The minimum absolute atomic E-state index is 0.400. The Bertz CT molecular complexity index is 533. The number of hydrogen-bond acceptors (Lipinski definition) is 3. The van der Waals surface area contributed by atoms with E-state index in [-0.39, 0.29) is 0 Å². The van der Waals surface area contributed by atoms with Crippen LogP contribution in [0.2, 0.25) is 0 Å². The van der Waals surface area contributed by atoms with Crippen molar-refractivity contribution < 1.29 is 9.90 Å². The topological polar surface area (TPSA) is 67.5 Å². The molecule has 0 radical (unpaired) electrons. The summed E-state index contributed by atoms with van der Waals surface area (Å²) in [6.45, 7) is 3.62. The van der Waals surface area contributed by atoms with E-state index in [4.69, 9.17) is 5.11 Å². The largest absolute Gasteiger partial charge is 0.481 e. The summed E-state index contributed by atoms with van der Waals surface area (Å²) in [5, 5.41) is 8.83. The standard InChI is InChI=1S/C11H13N3O2/c1-7(10(15)16)3-9-5-13-11-12-4-8(2)14(11)6-9/h4-7H,3H2,1-2H3,(H,15,16). The fourth-order valence-electron chi connectivity index (χ4n) is 1.57. The number of aliphatic carboxylic acids is 1. The maximum Gasteiger partial charge on any atom is 0.306 e. The molecule has 0 fully saturated rings. The highest BCUT2D eigenvalue weighted by Gasteiger charge is 2.12. The number of hydrogen-bond donors (Lipinski definition) is 1. The van der Waals surface area contributed by atoms with Gasteiger partial charge >= 0.3 is 5.97 Å². The highest BCUT2D eigenvalue weighted by Crippen LogP contribution is 2.10. The Morgan fingerprint density at radius 1 is 1.50 bits per heavy atom. The number of imidazole rings is 1. The first-order valence-corrected chi connectivity index (χ1v) is 5.09. The third kappa shape index (κ3) is 1.88. The third-order valence-corrected chi connectivity index (χ3v) is 2.57. The van der Waals surface area contributed by atoms with Gasteiger partial charge in [-0.25, -0.2) is 9.97 Å². The molecule has 0 aromatic carbocycles. The van der Waals surface area contributed by atoms with Crippen molar-refractivity contribution in [2.45, 2.75) is 20.3 Å². The van der Waals surface area contributed by atoms with Crippen molar-refractivity contribution in [1.29, 1.82) is 0 Å². The van der Waals surface area contributed by atoms with E-state index >= 15 is 0 Å². The zero-order valence-electron chi connectivity index (χ0n) is 9.21. The summed E-state index contributed by atoms with van der Waals surface area (Å²) < 4.78 is 1.86. The van der Waals surface area contributed by atoms with Gasteiger partial charge in [0.15, 0.2) is 0 Å². The second kappa shape index (κ2) is 3.92. The molecule has 5 heteroatoms. The molecule has 0 saturated carbocycles. The molecule has 2 rings (SSSR count). The molecule has 2 aromatic heterocycles. The van der Waals surface area contributed by atoms with E-state index in [1.807, 2.05) is 17.5 Å². The zero-order valence-corrected chi connectivity index (χ0v) is 9.21. The maximum absolute atomic E-state index is 10.7. The number of fused-ring (bicyclic) bond motifs is 1. The summed E-state index contributed by atoms with van der Waals surface area (Å²) in [6, 6.07) is 0. The molecule has 0 bridgehead atoms. The molecule has 1 N–H and O–H groups in total. The third-order valence-electron chi connectivity index (χ3n) is 2.57. The molecule has 2 heterocycles. The number of carboxylic acids is 1. The van der Waals surface area contributed by atoms with Crippen LogP contribution in [0.3, 0.4) is 0 Å². The molecular formula is C11H13N3O2. The Balaban J connectivity index is 2.32. The van der Waals surface area contributed by atoms with Gasteiger partial charge in [0.1, 0.15) is 0 Å². The van der Waals surface area contributed by atoms with Gasteiger partial charge in [-0.15, -0.1) is 0 Å². The second-order valence-corrected chi connectivity index (χ2v) is 3.98. The highest BCUT2D eigenvalue weighted by molar-refractivity contribution is 5.69. The van der Waals surface area contributed by atoms with Crippen LogP contribution in [0.25, 0.3) is 5.78 Å². The molecule has 0 aliphatic heterocycles. The normalized spacial score (nSPS) is 12.9. The molecule has 84 valence electrons. The van der Waals surface area contributed by atoms with Gasteiger partial charge in [0.2, 0.25) is 5.78 Å². The lowest BCUT2D eigenvalue weighted by molar-refractivity contribution is -0.141. The molecule has 16 heavy (non-hydrogen) atoms. The van der Waals surface area contributed by atoms with Crippen molar-refractivity contribution in [1.82, 2.24) is 14.4 Å². The van der Waals surface area contributed by atoms with E-state index in [0.29, 0.717) is 12.2 Å². The van der Waals surface area contributed by atoms with Crippen molar-refractivity contribution in [3.63, 3.8) is 0 Å². The van der Waals surface area contributed by atoms with Crippen molar-refractivity contribution in [2.24, 2.45) is 5.92 Å². The van der Waals surface area contributed by atoms with Crippen LogP contribution in [0.4, 0.5) is 0 Å². The van der Waals surface area contributed by atoms with Gasteiger partial charge in [-0.2, -0.15) is 0 Å². The molecule has 5 nitrogen and oxygen atoms in total. The van der Waals surface area contributed by atoms with Gasteiger partial charge in [-0.3, -0.25) is 9.20 Å². The Morgan fingerprint density at radius 3 is 2.88 bits per heavy atom. The predicted molar refractivity (Wildman–Crippen MR) is 58.2 cm³/mol. The van der Waals surface area contributed by atoms with E-state index in [0.717, 1.165) is 11.3 Å². The van der Waals surface area contributed by atoms with Gasteiger partial charge in [0, 0.05) is 18.1 Å². The molecular weight excluding hydrogens is 206 g/mol. The Hall–Kier alpha value is -1.91. The first kappa shape index (κ1) is 10.6. The van der Waals surface area contributed by atoms with Crippen LogP contribution in [-0.4, -0.2) is 25.4 Å². The van der Waals surface area contributed by atoms with Crippen LogP contribution in [0.5, 0.6) is 0 Å². The minimum atomic E-state index is -0.789. The molecule has 0 aliphatic carbocycles. The van der Waals surface area contributed by atoms with E-state index < -0.39 is 11.9 Å². The van der Waals surface area contributed by atoms with Crippen LogP contribution in [-0.2, 0) is 11.2 Å². The number of aryl methyl sites for hydroxylation is 1. The summed E-state index contributed by atoms with van der Waals surface area (Å²) in [5.41, 5.74) is 1.90. The fourth-order valence-corrected chi connectivity index (χ4v) is 1.57. The minimum Gasteiger partial charge on any atom is -0.481 e. The van der Waals surface area contributed by atoms with Crippen LogP contribution in [0, 0.1) is 12.8 Å². The predicted octanol–water partition coefficient (Wildman–Crippen LogP) is 1.30. The molecule has 1 unspecified atom stereocenters. The molecule has 0 saturated heterocycles. The van der Waals surface area contributed by atoms with Gasteiger partial charge in [0.25, 0.3) is 0 Å². The summed E-state index contributed by atoms with van der Waals surface area (Å²) in [5.74, 6) is -0.547. The van der Waals surface area contributed by atoms with Gasteiger partial charge in [-0.1, -0.05) is 6.92 Å². The fraction of sp³-hybridized carbons (Fsp3) is 0.364. The van der Waals surface area contributed by atoms with Crippen molar-refractivity contribution >= 4 is 11.7 Å². The SMILES string of the molecule is Cc1cnc2ncc(CC(C)C(=O)O)cn12. The number of nitrogens with zero attached hydrogens (tertiary/aromatic N) is 3. The van der Waals surface area contributed by atoms with E-state index in [1.54, 1.807) is 19.3 Å². The van der Waals surface area contributed by atoms with Crippen LogP contribution >= 0.6 is 0 Å². The molecule has 0 spiro atoms. The van der Waals surface area contributed by atoms with Gasteiger partial charge < -0.3 is 5.11 Å². The lowest BCUT2D eigenvalue weighted by Gasteiger charge is -2.06. The lowest BCUT2D eigenvalue weighted by Crippen LogP contribution is -2.12. The van der Waals surface area contributed by atoms with E-state index in [2.05, 4.69) is 9.97 Å². The Morgan fingerprint density at radius 2 is 2.19 bits per heavy atom. The Kier molecular flexibility index (Phi) is 2.60. The maximum atomic E-state index is 10.7. The Labute approximate surface area is 92.8 Å². The molecule has 0 aliphatic rings. The van der Waals surface area contributed by atoms with Gasteiger partial charge in [0.05, 0.1) is 12.1 Å². The number of rotatable bonds is 3. The lowest BCUT2D eigenvalue weighted by atomic mass is 10.0. The smallest absolute Gasteiger partial charge is 0.306 e.